The van der Waals surface area contributed by atoms with Crippen molar-refractivity contribution in [2.24, 2.45) is 5.92 Å². The molecule has 8 heteroatoms. The lowest BCUT2D eigenvalue weighted by Crippen LogP contribution is -2.24. The molecular weight excluding hydrogens is 366 g/mol. The highest BCUT2D eigenvalue weighted by atomic mass is 32.2. The number of hydrogen-bond acceptors (Lipinski definition) is 6. The Morgan fingerprint density at radius 3 is 2.74 bits per heavy atom. The number of rotatable bonds is 3. The second-order valence-corrected chi connectivity index (χ2v) is 7.80. The highest BCUT2D eigenvalue weighted by Crippen LogP contribution is 2.35. The first kappa shape index (κ1) is 17.8. The molecule has 0 unspecified atom stereocenters. The molecule has 0 spiro atoms. The van der Waals surface area contributed by atoms with Gasteiger partial charge in [0.05, 0.1) is 35.3 Å². The van der Waals surface area contributed by atoms with Crippen LogP contribution in [-0.2, 0) is 14.3 Å². The molecule has 1 saturated carbocycles. The summed E-state index contributed by atoms with van der Waals surface area (Å²) in [5, 5.41) is 1.91. The zero-order valence-corrected chi connectivity index (χ0v) is 15.6. The first-order valence-corrected chi connectivity index (χ1v) is 9.66. The molecule has 0 bridgehead atoms. The summed E-state index contributed by atoms with van der Waals surface area (Å²) in [6.45, 7) is 0. The summed E-state index contributed by atoms with van der Waals surface area (Å²) in [6, 6.07) is 6.07. The van der Waals surface area contributed by atoms with Gasteiger partial charge in [-0.1, -0.05) is 6.07 Å². The monoisotopic (exact) mass is 385 g/mol. The number of carbonyl (C=O) groups is 3. The number of esters is 1. The van der Waals surface area contributed by atoms with E-state index in [0.29, 0.717) is 4.91 Å². The number of hydrogen-bond donors (Lipinski definition) is 1. The number of amides is 2. The van der Waals surface area contributed by atoms with Gasteiger partial charge in [0.2, 0.25) is 0 Å². The lowest BCUT2D eigenvalue weighted by Gasteiger charge is -2.28. The van der Waals surface area contributed by atoms with Gasteiger partial charge in [-0.25, -0.2) is 4.98 Å². The molecule has 2 fully saturated rings. The van der Waals surface area contributed by atoms with Crippen molar-refractivity contribution < 1.29 is 19.1 Å². The van der Waals surface area contributed by atoms with Crippen LogP contribution in [-0.4, -0.2) is 33.8 Å². The Labute approximate surface area is 160 Å². The molecule has 1 N–H and O–H groups in total. The summed E-state index contributed by atoms with van der Waals surface area (Å²) in [7, 11) is 1.43. The van der Waals surface area contributed by atoms with Crippen LogP contribution < -0.4 is 5.32 Å². The minimum absolute atomic E-state index is 0.0169. The lowest BCUT2D eigenvalue weighted by atomic mass is 9.86. The average Bonchev–Trinajstić information content (AvgIpc) is 3.23. The first-order valence-electron chi connectivity index (χ1n) is 8.84. The fourth-order valence-electron chi connectivity index (χ4n) is 3.75. The van der Waals surface area contributed by atoms with Gasteiger partial charge in [-0.05, 0) is 61.2 Å². The summed E-state index contributed by atoms with van der Waals surface area (Å²) in [5.74, 6) is -0.503. The predicted octanol–water partition coefficient (Wildman–Crippen LogP) is 3.26. The van der Waals surface area contributed by atoms with Gasteiger partial charge in [-0.3, -0.25) is 19.7 Å². The van der Waals surface area contributed by atoms with Crippen LogP contribution in [0.4, 0.5) is 4.79 Å². The maximum absolute atomic E-state index is 11.8. The van der Waals surface area contributed by atoms with E-state index in [4.69, 9.17) is 4.74 Å². The number of fused-ring (bicyclic) bond motifs is 1. The van der Waals surface area contributed by atoms with Crippen LogP contribution in [0.15, 0.2) is 29.4 Å². The van der Waals surface area contributed by atoms with E-state index in [1.807, 2.05) is 24.5 Å². The standard InChI is InChI=1S/C19H19N3O4S/c1-26-18(24)12-3-5-13(6-4-12)22-10-20-14-7-2-11(8-15(14)22)9-16-17(23)21-19(25)27-16/h2,7-10,12-13H,3-6H2,1H3,(H,21,23,25)/b16-9-. The van der Waals surface area contributed by atoms with E-state index >= 15 is 0 Å². The molecule has 1 aromatic carbocycles. The molecule has 1 aliphatic heterocycles. The van der Waals surface area contributed by atoms with Crippen molar-refractivity contribution in [1.82, 2.24) is 14.9 Å². The second kappa shape index (κ2) is 7.19. The quantitative estimate of drug-likeness (QED) is 0.644. The molecule has 0 atom stereocenters. The summed E-state index contributed by atoms with van der Waals surface area (Å²) >= 11 is 0.909. The third kappa shape index (κ3) is 3.49. The molecule has 7 nitrogen and oxygen atoms in total. The molecule has 2 heterocycles. The number of ether oxygens (including phenoxy) is 1. The Morgan fingerprint density at radius 1 is 1.30 bits per heavy atom. The fraction of sp³-hybridized carbons (Fsp3) is 0.368. The molecule has 1 aliphatic carbocycles. The fourth-order valence-corrected chi connectivity index (χ4v) is 4.43. The number of nitrogens with one attached hydrogen (secondary N) is 1. The van der Waals surface area contributed by atoms with Gasteiger partial charge in [-0.15, -0.1) is 0 Å². The molecule has 4 rings (SSSR count). The van der Waals surface area contributed by atoms with Crippen molar-refractivity contribution in [1.29, 1.82) is 0 Å². The van der Waals surface area contributed by atoms with Crippen LogP contribution >= 0.6 is 11.8 Å². The normalized spacial score (nSPS) is 24.4. The smallest absolute Gasteiger partial charge is 0.308 e. The van der Waals surface area contributed by atoms with E-state index in [1.165, 1.54) is 7.11 Å². The number of aromatic nitrogens is 2. The largest absolute Gasteiger partial charge is 0.469 e. The van der Waals surface area contributed by atoms with Gasteiger partial charge < -0.3 is 9.30 Å². The van der Waals surface area contributed by atoms with Crippen molar-refractivity contribution in [3.63, 3.8) is 0 Å². The van der Waals surface area contributed by atoms with Crippen LogP contribution in [0.5, 0.6) is 0 Å². The van der Waals surface area contributed by atoms with Crippen molar-refractivity contribution in [3.8, 4) is 0 Å². The van der Waals surface area contributed by atoms with Crippen LogP contribution in [0.2, 0.25) is 0 Å². The van der Waals surface area contributed by atoms with Crippen molar-refractivity contribution in [2.75, 3.05) is 7.11 Å². The Morgan fingerprint density at radius 2 is 2.07 bits per heavy atom. The summed E-state index contributed by atoms with van der Waals surface area (Å²) in [4.78, 5) is 39.7. The topological polar surface area (TPSA) is 90.3 Å². The van der Waals surface area contributed by atoms with E-state index in [0.717, 1.165) is 54.0 Å². The van der Waals surface area contributed by atoms with Crippen molar-refractivity contribution in [2.45, 2.75) is 31.7 Å². The number of imidazole rings is 1. The number of nitrogens with zero attached hydrogens (tertiary/aromatic N) is 2. The summed E-state index contributed by atoms with van der Waals surface area (Å²) in [5.41, 5.74) is 2.72. The maximum Gasteiger partial charge on any atom is 0.308 e. The van der Waals surface area contributed by atoms with Gasteiger partial charge in [-0.2, -0.15) is 0 Å². The third-order valence-electron chi connectivity index (χ3n) is 5.16. The molecule has 2 aromatic rings. The highest BCUT2D eigenvalue weighted by Gasteiger charge is 2.28. The Bertz CT molecular complexity index is 957. The summed E-state index contributed by atoms with van der Waals surface area (Å²) in [6.07, 6.45) is 6.95. The maximum atomic E-state index is 11.8. The van der Waals surface area contributed by atoms with E-state index in [-0.39, 0.29) is 29.1 Å². The van der Waals surface area contributed by atoms with Crippen LogP contribution in [0.1, 0.15) is 37.3 Å². The Hall–Kier alpha value is -2.61. The van der Waals surface area contributed by atoms with E-state index in [2.05, 4.69) is 14.9 Å². The molecule has 0 radical (unpaired) electrons. The number of thioether (sulfide) groups is 1. The number of imide groups is 1. The van der Waals surface area contributed by atoms with E-state index < -0.39 is 0 Å². The zero-order valence-electron chi connectivity index (χ0n) is 14.8. The SMILES string of the molecule is COC(=O)C1CCC(n2cnc3ccc(/C=C4\SC(=O)NC4=O)cc32)CC1. The number of carbonyl (C=O) groups excluding carboxylic acids is 3. The van der Waals surface area contributed by atoms with Gasteiger partial charge in [0.1, 0.15) is 0 Å². The lowest BCUT2D eigenvalue weighted by molar-refractivity contribution is -0.146. The molecule has 2 aliphatic rings. The van der Waals surface area contributed by atoms with Gasteiger partial charge in [0, 0.05) is 6.04 Å². The van der Waals surface area contributed by atoms with Crippen molar-refractivity contribution in [3.05, 3.63) is 35.0 Å². The second-order valence-electron chi connectivity index (χ2n) is 6.78. The molecule has 1 aromatic heterocycles. The van der Waals surface area contributed by atoms with Gasteiger partial charge in [0.25, 0.3) is 11.1 Å². The number of methoxy groups -OCH3 is 1. The van der Waals surface area contributed by atoms with E-state index in [9.17, 15) is 14.4 Å². The molecule has 2 amide bonds. The van der Waals surface area contributed by atoms with Crippen LogP contribution in [0, 0.1) is 5.92 Å². The highest BCUT2D eigenvalue weighted by molar-refractivity contribution is 8.18. The van der Waals surface area contributed by atoms with Gasteiger partial charge in [0.15, 0.2) is 0 Å². The van der Waals surface area contributed by atoms with Crippen molar-refractivity contribution >= 4 is 46.0 Å². The Balaban J connectivity index is 1.58. The Kier molecular flexibility index (Phi) is 4.73. The molecule has 1 saturated heterocycles. The van der Waals surface area contributed by atoms with Gasteiger partial charge >= 0.3 is 5.97 Å². The predicted molar refractivity (Wildman–Crippen MR) is 102 cm³/mol. The first-order chi connectivity index (χ1) is 13.0. The van der Waals surface area contributed by atoms with Crippen LogP contribution in [0.3, 0.4) is 0 Å². The van der Waals surface area contributed by atoms with Crippen LogP contribution in [0.25, 0.3) is 17.1 Å². The minimum Gasteiger partial charge on any atom is -0.469 e. The molecule has 27 heavy (non-hydrogen) atoms. The average molecular weight is 385 g/mol. The molecule has 140 valence electrons. The number of benzene rings is 1. The summed E-state index contributed by atoms with van der Waals surface area (Å²) < 4.78 is 7.01. The molecular formula is C19H19N3O4S. The van der Waals surface area contributed by atoms with E-state index in [1.54, 1.807) is 6.08 Å². The zero-order chi connectivity index (χ0) is 19.0. The third-order valence-corrected chi connectivity index (χ3v) is 5.97. The minimum atomic E-state index is -0.361.